The van der Waals surface area contributed by atoms with Crippen LogP contribution >= 0.6 is 11.6 Å². The highest BCUT2D eigenvalue weighted by Gasteiger charge is 2.24. The first kappa shape index (κ1) is 11.1. The number of aromatic nitrogens is 1. The van der Waals surface area contributed by atoms with Gasteiger partial charge in [0.05, 0.1) is 16.7 Å². The summed E-state index contributed by atoms with van der Waals surface area (Å²) < 4.78 is 2.24. The van der Waals surface area contributed by atoms with Crippen LogP contribution in [0.2, 0.25) is 5.02 Å². The second kappa shape index (κ2) is 4.04. The zero-order chi connectivity index (χ0) is 12.0. The number of fused-ring (bicyclic) bond motifs is 3. The van der Waals surface area contributed by atoms with Crippen molar-refractivity contribution in [3.63, 3.8) is 0 Å². The SMILES string of the molecule is C[CH][C@@H](N)n1c2c(c3c(Cl)cccc31)CCC2. The maximum atomic E-state index is 6.34. The topological polar surface area (TPSA) is 30.9 Å². The van der Waals surface area contributed by atoms with E-state index in [0.717, 1.165) is 17.9 Å². The molecule has 89 valence electrons. The summed E-state index contributed by atoms with van der Waals surface area (Å²) in [4.78, 5) is 0. The molecule has 1 aliphatic carbocycles. The smallest absolute Gasteiger partial charge is 0.0847 e. The number of nitrogens with zero attached hydrogens (tertiary/aromatic N) is 1. The van der Waals surface area contributed by atoms with E-state index >= 15 is 0 Å². The van der Waals surface area contributed by atoms with Gasteiger partial charge in [0, 0.05) is 11.1 Å². The molecule has 0 spiro atoms. The van der Waals surface area contributed by atoms with E-state index in [-0.39, 0.29) is 6.17 Å². The van der Waals surface area contributed by atoms with Gasteiger partial charge in [0.25, 0.3) is 0 Å². The van der Waals surface area contributed by atoms with Crippen LogP contribution in [0.15, 0.2) is 18.2 Å². The van der Waals surface area contributed by atoms with Crippen molar-refractivity contribution in [2.24, 2.45) is 5.73 Å². The van der Waals surface area contributed by atoms with Crippen molar-refractivity contribution >= 4 is 22.5 Å². The fourth-order valence-corrected chi connectivity index (χ4v) is 3.19. The second-order valence-electron chi connectivity index (χ2n) is 4.61. The lowest BCUT2D eigenvalue weighted by atomic mass is 10.1. The fraction of sp³-hybridized carbons (Fsp3) is 0.357. The summed E-state index contributed by atoms with van der Waals surface area (Å²) in [5, 5.41) is 2.06. The van der Waals surface area contributed by atoms with Crippen molar-refractivity contribution in [3.05, 3.63) is 40.9 Å². The molecule has 0 unspecified atom stereocenters. The maximum absolute atomic E-state index is 6.34. The lowest BCUT2D eigenvalue weighted by molar-refractivity contribution is 0.589. The minimum atomic E-state index is -0.0576. The highest BCUT2D eigenvalue weighted by molar-refractivity contribution is 6.35. The van der Waals surface area contributed by atoms with Gasteiger partial charge in [-0.2, -0.15) is 0 Å². The van der Waals surface area contributed by atoms with E-state index in [1.54, 1.807) is 0 Å². The third-order valence-electron chi connectivity index (χ3n) is 3.67. The molecule has 1 heterocycles. The number of aryl methyl sites for hydroxylation is 1. The minimum Gasteiger partial charge on any atom is -0.328 e. The summed E-state index contributed by atoms with van der Waals surface area (Å²) in [5.41, 5.74) is 10.1. The molecular weight excluding hydrogens is 232 g/mol. The van der Waals surface area contributed by atoms with Crippen molar-refractivity contribution in [1.29, 1.82) is 0 Å². The molecule has 1 aliphatic rings. The molecule has 0 fully saturated rings. The molecule has 0 saturated carbocycles. The van der Waals surface area contributed by atoms with E-state index in [0.29, 0.717) is 0 Å². The molecule has 1 aromatic carbocycles. The van der Waals surface area contributed by atoms with E-state index in [4.69, 9.17) is 17.3 Å². The van der Waals surface area contributed by atoms with Crippen LogP contribution in [0.4, 0.5) is 0 Å². The molecule has 1 aromatic heterocycles. The Balaban J connectivity index is 2.38. The second-order valence-corrected chi connectivity index (χ2v) is 5.01. The van der Waals surface area contributed by atoms with Gasteiger partial charge in [-0.25, -0.2) is 0 Å². The monoisotopic (exact) mass is 247 g/mol. The number of hydrogen-bond acceptors (Lipinski definition) is 1. The minimum absolute atomic E-state index is 0.0576. The average molecular weight is 248 g/mol. The predicted octanol–water partition coefficient (Wildman–Crippen LogP) is 3.46. The van der Waals surface area contributed by atoms with E-state index in [2.05, 4.69) is 10.6 Å². The Bertz CT molecular complexity index is 571. The standard InChI is InChI=1S/C14H16ClN2/c1-2-13(16)17-11-7-3-5-9(11)14-10(15)6-4-8-12(14)17/h2,4,6,8,13H,3,5,7,16H2,1H3/t13-/m0/s1. The van der Waals surface area contributed by atoms with Gasteiger partial charge in [-0.3, -0.25) is 0 Å². The van der Waals surface area contributed by atoms with E-state index in [1.165, 1.54) is 28.6 Å². The third kappa shape index (κ3) is 1.51. The molecule has 1 radical (unpaired) electrons. The molecule has 0 saturated heterocycles. The summed E-state index contributed by atoms with van der Waals surface area (Å²) in [5.74, 6) is 0. The molecule has 3 rings (SSSR count). The normalized spacial score (nSPS) is 16.4. The van der Waals surface area contributed by atoms with Gasteiger partial charge in [0.15, 0.2) is 0 Å². The summed E-state index contributed by atoms with van der Waals surface area (Å²) >= 11 is 6.34. The Kier molecular flexibility index (Phi) is 2.64. The van der Waals surface area contributed by atoms with Gasteiger partial charge in [0.2, 0.25) is 0 Å². The van der Waals surface area contributed by atoms with Gasteiger partial charge in [-0.1, -0.05) is 24.6 Å². The van der Waals surface area contributed by atoms with Crippen LogP contribution in [-0.2, 0) is 12.8 Å². The van der Waals surface area contributed by atoms with Crippen molar-refractivity contribution in [2.75, 3.05) is 0 Å². The number of rotatable bonds is 2. The summed E-state index contributed by atoms with van der Waals surface area (Å²) in [6.45, 7) is 2.00. The Hall–Kier alpha value is -0.990. The molecule has 3 heteroatoms. The third-order valence-corrected chi connectivity index (χ3v) is 3.99. The first-order valence-electron chi connectivity index (χ1n) is 6.09. The van der Waals surface area contributed by atoms with E-state index < -0.39 is 0 Å². The molecule has 2 N–H and O–H groups in total. The Morgan fingerprint density at radius 1 is 1.41 bits per heavy atom. The zero-order valence-electron chi connectivity index (χ0n) is 9.91. The molecule has 17 heavy (non-hydrogen) atoms. The van der Waals surface area contributed by atoms with Crippen LogP contribution in [0.25, 0.3) is 10.9 Å². The van der Waals surface area contributed by atoms with E-state index in [1.807, 2.05) is 25.5 Å². The van der Waals surface area contributed by atoms with Crippen molar-refractivity contribution in [1.82, 2.24) is 4.57 Å². The van der Waals surface area contributed by atoms with Crippen LogP contribution in [0.5, 0.6) is 0 Å². The van der Waals surface area contributed by atoms with Crippen molar-refractivity contribution < 1.29 is 0 Å². The largest absolute Gasteiger partial charge is 0.328 e. The number of nitrogens with two attached hydrogens (primary N) is 1. The summed E-state index contributed by atoms with van der Waals surface area (Å²) in [6.07, 6.45) is 5.42. The molecule has 0 amide bonds. The van der Waals surface area contributed by atoms with Gasteiger partial charge in [-0.15, -0.1) is 0 Å². The highest BCUT2D eigenvalue weighted by Crippen LogP contribution is 2.38. The van der Waals surface area contributed by atoms with Gasteiger partial charge in [0.1, 0.15) is 0 Å². The predicted molar refractivity (Wildman–Crippen MR) is 72.2 cm³/mol. The number of halogens is 1. The van der Waals surface area contributed by atoms with Crippen LogP contribution in [0.1, 0.15) is 30.8 Å². The van der Waals surface area contributed by atoms with Crippen molar-refractivity contribution in [3.8, 4) is 0 Å². The molecular formula is C14H16ClN2. The van der Waals surface area contributed by atoms with Crippen molar-refractivity contribution in [2.45, 2.75) is 32.4 Å². The summed E-state index contributed by atoms with van der Waals surface area (Å²) in [6, 6.07) is 6.08. The number of benzene rings is 1. The Morgan fingerprint density at radius 2 is 2.24 bits per heavy atom. The zero-order valence-corrected chi connectivity index (χ0v) is 10.7. The molecule has 1 atom stereocenters. The van der Waals surface area contributed by atoms with Gasteiger partial charge < -0.3 is 10.3 Å². The van der Waals surface area contributed by atoms with Crippen LogP contribution in [-0.4, -0.2) is 4.57 Å². The Morgan fingerprint density at radius 3 is 3.00 bits per heavy atom. The first-order valence-corrected chi connectivity index (χ1v) is 6.47. The quantitative estimate of drug-likeness (QED) is 0.866. The average Bonchev–Trinajstić information content (AvgIpc) is 2.87. The van der Waals surface area contributed by atoms with Gasteiger partial charge >= 0.3 is 0 Å². The fourth-order valence-electron chi connectivity index (χ4n) is 2.91. The lowest BCUT2D eigenvalue weighted by Gasteiger charge is -2.16. The molecule has 2 nitrogen and oxygen atoms in total. The first-order chi connectivity index (χ1) is 8.24. The molecule has 2 aromatic rings. The maximum Gasteiger partial charge on any atom is 0.0847 e. The highest BCUT2D eigenvalue weighted by atomic mass is 35.5. The summed E-state index contributed by atoms with van der Waals surface area (Å²) in [7, 11) is 0. The molecule has 0 aliphatic heterocycles. The van der Waals surface area contributed by atoms with Crippen LogP contribution in [0.3, 0.4) is 0 Å². The lowest BCUT2D eigenvalue weighted by Crippen LogP contribution is -2.19. The van der Waals surface area contributed by atoms with Crippen LogP contribution < -0.4 is 5.73 Å². The Labute approximate surface area is 106 Å². The molecule has 0 bridgehead atoms. The van der Waals surface area contributed by atoms with E-state index in [9.17, 15) is 0 Å². The van der Waals surface area contributed by atoms with Crippen LogP contribution in [0, 0.1) is 6.42 Å². The number of hydrogen-bond donors (Lipinski definition) is 1. The van der Waals surface area contributed by atoms with Gasteiger partial charge in [-0.05, 0) is 43.4 Å².